The number of hydrogen-bond donors (Lipinski definition) is 0. The molecule has 19 heavy (non-hydrogen) atoms. The molecule has 3 nitrogen and oxygen atoms in total. The Morgan fingerprint density at radius 2 is 2.05 bits per heavy atom. The third-order valence-electron chi connectivity index (χ3n) is 3.36. The summed E-state index contributed by atoms with van der Waals surface area (Å²) in [6.07, 6.45) is 1.87. The molecule has 3 rings (SSSR count). The van der Waals surface area contributed by atoms with E-state index in [2.05, 4.69) is 26.9 Å². The SMILES string of the molecule is Clc1cccc(CN2CCN(c3nccs3)CC2)c1. The standard InChI is InChI=1S/C14H16ClN3S/c15-13-3-1-2-12(10-13)11-17-5-7-18(8-6-17)14-16-4-9-19-14/h1-4,9-10H,5-8,11H2. The molecule has 0 radical (unpaired) electrons. The number of halogens is 1. The van der Waals surface area contributed by atoms with E-state index in [9.17, 15) is 0 Å². The van der Waals surface area contributed by atoms with Crippen molar-refractivity contribution < 1.29 is 0 Å². The van der Waals surface area contributed by atoms with Crippen LogP contribution in [-0.2, 0) is 6.54 Å². The maximum absolute atomic E-state index is 6.02. The van der Waals surface area contributed by atoms with Crippen LogP contribution in [0.5, 0.6) is 0 Å². The van der Waals surface area contributed by atoms with E-state index in [0.29, 0.717) is 0 Å². The fourth-order valence-corrected chi connectivity index (χ4v) is 3.27. The van der Waals surface area contributed by atoms with E-state index < -0.39 is 0 Å². The highest BCUT2D eigenvalue weighted by atomic mass is 35.5. The summed E-state index contributed by atoms with van der Waals surface area (Å²) in [7, 11) is 0. The summed E-state index contributed by atoms with van der Waals surface area (Å²) in [5.41, 5.74) is 1.29. The van der Waals surface area contributed by atoms with Gasteiger partial charge in [0, 0.05) is 49.3 Å². The van der Waals surface area contributed by atoms with Crippen molar-refractivity contribution in [2.45, 2.75) is 6.54 Å². The van der Waals surface area contributed by atoms with Gasteiger partial charge in [-0.1, -0.05) is 23.7 Å². The van der Waals surface area contributed by atoms with Crippen LogP contribution in [0.3, 0.4) is 0 Å². The van der Waals surface area contributed by atoms with Crippen LogP contribution in [0.25, 0.3) is 0 Å². The number of benzene rings is 1. The van der Waals surface area contributed by atoms with E-state index in [0.717, 1.165) is 42.9 Å². The van der Waals surface area contributed by atoms with Crippen LogP contribution >= 0.6 is 22.9 Å². The van der Waals surface area contributed by atoms with E-state index in [4.69, 9.17) is 11.6 Å². The maximum atomic E-state index is 6.02. The number of rotatable bonds is 3. The van der Waals surface area contributed by atoms with Crippen LogP contribution in [0.1, 0.15) is 5.56 Å². The number of thiazole rings is 1. The molecule has 1 aliphatic heterocycles. The first-order chi connectivity index (χ1) is 9.31. The van der Waals surface area contributed by atoms with Gasteiger partial charge in [0.1, 0.15) is 0 Å². The van der Waals surface area contributed by atoms with Gasteiger partial charge < -0.3 is 4.90 Å². The van der Waals surface area contributed by atoms with Crippen molar-refractivity contribution in [3.8, 4) is 0 Å². The Hall–Kier alpha value is -1.10. The smallest absolute Gasteiger partial charge is 0.185 e. The third kappa shape index (κ3) is 3.26. The highest BCUT2D eigenvalue weighted by molar-refractivity contribution is 7.13. The minimum absolute atomic E-state index is 0.818. The Bertz CT molecular complexity index is 521. The summed E-state index contributed by atoms with van der Waals surface area (Å²) < 4.78 is 0. The van der Waals surface area contributed by atoms with Gasteiger partial charge in [0.2, 0.25) is 0 Å². The lowest BCUT2D eigenvalue weighted by Gasteiger charge is -2.34. The molecule has 1 saturated heterocycles. The lowest BCUT2D eigenvalue weighted by Crippen LogP contribution is -2.45. The Kier molecular flexibility index (Phi) is 4.01. The fourth-order valence-electron chi connectivity index (χ4n) is 2.36. The molecule has 100 valence electrons. The lowest BCUT2D eigenvalue weighted by atomic mass is 10.2. The molecule has 0 N–H and O–H groups in total. The summed E-state index contributed by atoms with van der Waals surface area (Å²) in [5, 5.41) is 3.99. The molecule has 0 amide bonds. The quantitative estimate of drug-likeness (QED) is 0.867. The number of nitrogens with zero attached hydrogens (tertiary/aromatic N) is 3. The van der Waals surface area contributed by atoms with Crippen molar-refractivity contribution in [3.63, 3.8) is 0 Å². The molecule has 1 aliphatic rings. The Morgan fingerprint density at radius 3 is 2.74 bits per heavy atom. The average molecular weight is 294 g/mol. The zero-order chi connectivity index (χ0) is 13.1. The Balaban J connectivity index is 1.56. The molecule has 0 aliphatic carbocycles. The second-order valence-electron chi connectivity index (χ2n) is 4.71. The molecule has 2 heterocycles. The highest BCUT2D eigenvalue weighted by Gasteiger charge is 2.18. The first-order valence-electron chi connectivity index (χ1n) is 6.42. The van der Waals surface area contributed by atoms with Crippen molar-refractivity contribution in [3.05, 3.63) is 46.4 Å². The van der Waals surface area contributed by atoms with Crippen molar-refractivity contribution in [1.29, 1.82) is 0 Å². The first kappa shape index (κ1) is 12.9. The summed E-state index contributed by atoms with van der Waals surface area (Å²) in [5.74, 6) is 0. The number of piperazine rings is 1. The van der Waals surface area contributed by atoms with E-state index >= 15 is 0 Å². The van der Waals surface area contributed by atoms with Gasteiger partial charge in [-0.2, -0.15) is 0 Å². The van der Waals surface area contributed by atoms with Crippen LogP contribution in [-0.4, -0.2) is 36.1 Å². The number of anilines is 1. The molecule has 0 spiro atoms. The number of aromatic nitrogens is 1. The molecule has 1 aromatic carbocycles. The molecule has 1 aromatic heterocycles. The molecule has 1 fully saturated rings. The lowest BCUT2D eigenvalue weighted by molar-refractivity contribution is 0.250. The molecule has 0 atom stereocenters. The van der Waals surface area contributed by atoms with Crippen molar-refractivity contribution in [2.24, 2.45) is 0 Å². The van der Waals surface area contributed by atoms with Gasteiger partial charge in [-0.25, -0.2) is 4.98 Å². The predicted molar refractivity (Wildman–Crippen MR) is 81.1 cm³/mol. The second kappa shape index (κ2) is 5.90. The summed E-state index contributed by atoms with van der Waals surface area (Å²) >= 11 is 7.74. The van der Waals surface area contributed by atoms with E-state index in [-0.39, 0.29) is 0 Å². The van der Waals surface area contributed by atoms with Crippen molar-refractivity contribution >= 4 is 28.1 Å². The molecule has 2 aromatic rings. The van der Waals surface area contributed by atoms with Crippen LogP contribution < -0.4 is 4.90 Å². The molecule has 0 unspecified atom stereocenters. The predicted octanol–water partition coefficient (Wildman–Crippen LogP) is 3.12. The molecular weight excluding hydrogens is 278 g/mol. The second-order valence-corrected chi connectivity index (χ2v) is 6.02. The van der Waals surface area contributed by atoms with Gasteiger partial charge in [0.15, 0.2) is 5.13 Å². The molecule has 0 saturated carbocycles. The van der Waals surface area contributed by atoms with E-state index in [1.807, 2.05) is 23.7 Å². The topological polar surface area (TPSA) is 19.4 Å². The third-order valence-corrected chi connectivity index (χ3v) is 4.42. The van der Waals surface area contributed by atoms with Gasteiger partial charge in [-0.3, -0.25) is 4.90 Å². The van der Waals surface area contributed by atoms with Crippen molar-refractivity contribution in [1.82, 2.24) is 9.88 Å². The molecular formula is C14H16ClN3S. The van der Waals surface area contributed by atoms with Crippen LogP contribution in [0.2, 0.25) is 5.02 Å². The van der Waals surface area contributed by atoms with E-state index in [1.54, 1.807) is 11.3 Å². The van der Waals surface area contributed by atoms with Gasteiger partial charge in [0.05, 0.1) is 0 Å². The summed E-state index contributed by atoms with van der Waals surface area (Å²) in [6, 6.07) is 8.13. The van der Waals surface area contributed by atoms with Crippen LogP contribution in [0.4, 0.5) is 5.13 Å². The van der Waals surface area contributed by atoms with Gasteiger partial charge in [-0.05, 0) is 17.7 Å². The maximum Gasteiger partial charge on any atom is 0.185 e. The molecule has 5 heteroatoms. The zero-order valence-corrected chi connectivity index (χ0v) is 12.2. The minimum atomic E-state index is 0.818. The average Bonchev–Trinajstić information content (AvgIpc) is 2.94. The van der Waals surface area contributed by atoms with Crippen molar-refractivity contribution in [2.75, 3.05) is 31.1 Å². The highest BCUT2D eigenvalue weighted by Crippen LogP contribution is 2.20. The monoisotopic (exact) mass is 293 g/mol. The van der Waals surface area contributed by atoms with Crippen LogP contribution in [0.15, 0.2) is 35.8 Å². The molecule has 0 bridgehead atoms. The minimum Gasteiger partial charge on any atom is -0.346 e. The van der Waals surface area contributed by atoms with E-state index in [1.165, 1.54) is 5.56 Å². The normalized spacial score (nSPS) is 16.8. The fraction of sp³-hybridized carbons (Fsp3) is 0.357. The van der Waals surface area contributed by atoms with Gasteiger partial charge >= 0.3 is 0 Å². The van der Waals surface area contributed by atoms with Gasteiger partial charge in [0.25, 0.3) is 0 Å². The Labute approximate surface area is 122 Å². The largest absolute Gasteiger partial charge is 0.346 e. The first-order valence-corrected chi connectivity index (χ1v) is 7.68. The van der Waals surface area contributed by atoms with Crippen LogP contribution in [0, 0.1) is 0 Å². The number of hydrogen-bond acceptors (Lipinski definition) is 4. The summed E-state index contributed by atoms with van der Waals surface area (Å²) in [4.78, 5) is 9.20. The Morgan fingerprint density at radius 1 is 1.21 bits per heavy atom. The zero-order valence-electron chi connectivity index (χ0n) is 10.6. The summed E-state index contributed by atoms with van der Waals surface area (Å²) in [6.45, 7) is 5.23. The van der Waals surface area contributed by atoms with Gasteiger partial charge in [-0.15, -0.1) is 11.3 Å².